The summed E-state index contributed by atoms with van der Waals surface area (Å²) in [4.78, 5) is 0. The highest BCUT2D eigenvalue weighted by Gasteiger charge is 1.95. The first-order chi connectivity index (χ1) is 7.84. The molecule has 0 unspecified atom stereocenters. The molecular weight excluding hydrogens is 264 g/mol. The lowest BCUT2D eigenvalue weighted by Gasteiger charge is -2.03. The molecule has 0 aliphatic rings. The second-order valence-corrected chi connectivity index (χ2v) is 4.38. The topological polar surface area (TPSA) is 9.23 Å². The molecule has 0 bridgehead atoms. The van der Waals surface area contributed by atoms with Gasteiger partial charge in [-0.05, 0) is 23.3 Å². The number of halogens is 1. The van der Waals surface area contributed by atoms with Crippen LogP contribution in [-0.4, -0.2) is 0 Å². The molecule has 0 saturated carbocycles. The fourth-order valence-electron chi connectivity index (χ4n) is 1.35. The summed E-state index contributed by atoms with van der Waals surface area (Å²) in [6, 6.07) is 18.1. The first-order valence-electron chi connectivity index (χ1n) is 5.09. The van der Waals surface area contributed by atoms with Gasteiger partial charge in [-0.2, -0.15) is 0 Å². The number of ether oxygens (including phenoxy) is 1. The van der Waals surface area contributed by atoms with Gasteiger partial charge < -0.3 is 4.74 Å². The second kappa shape index (κ2) is 5.83. The molecule has 81 valence electrons. The Morgan fingerprint density at radius 2 is 1.62 bits per heavy atom. The van der Waals surface area contributed by atoms with E-state index in [1.165, 1.54) is 5.56 Å². The second-order valence-electron chi connectivity index (χ2n) is 3.47. The van der Waals surface area contributed by atoms with Gasteiger partial charge in [0.15, 0.2) is 0 Å². The number of hydrogen-bond donors (Lipinski definition) is 0. The van der Waals surface area contributed by atoms with E-state index in [0.717, 1.165) is 10.0 Å². The van der Waals surface area contributed by atoms with Crippen LogP contribution in [-0.2, 0) is 11.3 Å². The first-order valence-corrected chi connectivity index (χ1v) is 5.88. The van der Waals surface area contributed by atoms with Crippen molar-refractivity contribution in [2.75, 3.05) is 0 Å². The van der Waals surface area contributed by atoms with Crippen molar-refractivity contribution >= 4 is 15.9 Å². The lowest BCUT2D eigenvalue weighted by molar-refractivity contribution is 0.199. The Kier molecular flexibility index (Phi) is 4.14. The van der Waals surface area contributed by atoms with Gasteiger partial charge >= 0.3 is 0 Å². The maximum atomic E-state index is 5.51. The molecule has 0 N–H and O–H groups in total. The minimum absolute atomic E-state index is 0.608. The molecule has 0 aliphatic carbocycles. The lowest BCUT2D eigenvalue weighted by atomic mass is 10.2. The predicted octanol–water partition coefficient (Wildman–Crippen LogP) is 4.18. The Hall–Kier alpha value is -1.12. The summed E-state index contributed by atoms with van der Waals surface area (Å²) in [5.41, 5.74) is 2.25. The van der Waals surface area contributed by atoms with Gasteiger partial charge in [-0.25, -0.2) is 0 Å². The van der Waals surface area contributed by atoms with Gasteiger partial charge in [-0.15, -0.1) is 0 Å². The zero-order valence-corrected chi connectivity index (χ0v) is 10.4. The van der Waals surface area contributed by atoms with Crippen LogP contribution in [0.4, 0.5) is 0 Å². The third-order valence-corrected chi connectivity index (χ3v) is 2.71. The van der Waals surface area contributed by atoms with Crippen LogP contribution in [0, 0.1) is 6.61 Å². The monoisotopic (exact) mass is 275 g/mol. The van der Waals surface area contributed by atoms with E-state index in [4.69, 9.17) is 4.74 Å². The quantitative estimate of drug-likeness (QED) is 0.814. The molecule has 1 radical (unpaired) electrons. The van der Waals surface area contributed by atoms with E-state index >= 15 is 0 Å². The Morgan fingerprint density at radius 1 is 0.938 bits per heavy atom. The summed E-state index contributed by atoms with van der Waals surface area (Å²) in [5, 5.41) is 0. The molecule has 2 aromatic carbocycles. The maximum Gasteiger partial charge on any atom is 0.113 e. The number of hydrogen-bond acceptors (Lipinski definition) is 1. The molecule has 0 saturated heterocycles. The number of benzene rings is 2. The van der Waals surface area contributed by atoms with E-state index in [1.54, 1.807) is 6.61 Å². The smallest absolute Gasteiger partial charge is 0.113 e. The molecule has 1 nitrogen and oxygen atoms in total. The molecule has 0 amide bonds. The molecule has 0 spiro atoms. The average molecular weight is 276 g/mol. The summed E-state index contributed by atoms with van der Waals surface area (Å²) < 4.78 is 6.58. The number of rotatable bonds is 4. The lowest BCUT2D eigenvalue weighted by Crippen LogP contribution is -1.91. The van der Waals surface area contributed by atoms with Gasteiger partial charge in [-0.3, -0.25) is 0 Å². The third kappa shape index (κ3) is 3.47. The fraction of sp³-hybridized carbons (Fsp3) is 0.0714. The normalized spacial score (nSPS) is 10.3. The molecule has 0 atom stereocenters. The van der Waals surface area contributed by atoms with Crippen LogP contribution < -0.4 is 0 Å². The van der Waals surface area contributed by atoms with Crippen LogP contribution in [0.25, 0.3) is 0 Å². The zero-order chi connectivity index (χ0) is 11.2. The highest BCUT2D eigenvalue weighted by molar-refractivity contribution is 9.10. The van der Waals surface area contributed by atoms with Gasteiger partial charge in [0, 0.05) is 4.47 Å². The van der Waals surface area contributed by atoms with Crippen molar-refractivity contribution in [3.63, 3.8) is 0 Å². The van der Waals surface area contributed by atoms with Gasteiger partial charge in [0.2, 0.25) is 0 Å². The van der Waals surface area contributed by atoms with Gasteiger partial charge in [0.1, 0.15) is 6.61 Å². The van der Waals surface area contributed by atoms with Crippen molar-refractivity contribution in [2.24, 2.45) is 0 Å². The van der Waals surface area contributed by atoms with E-state index in [9.17, 15) is 0 Å². The van der Waals surface area contributed by atoms with Gasteiger partial charge in [0.05, 0.1) is 6.61 Å². The molecule has 0 fully saturated rings. The molecule has 16 heavy (non-hydrogen) atoms. The van der Waals surface area contributed by atoms with E-state index in [-0.39, 0.29) is 0 Å². The fourth-order valence-corrected chi connectivity index (χ4v) is 1.61. The third-order valence-electron chi connectivity index (χ3n) is 2.18. The predicted molar refractivity (Wildman–Crippen MR) is 68.8 cm³/mol. The molecular formula is C14H12BrO. The summed E-state index contributed by atoms with van der Waals surface area (Å²) in [6.45, 7) is 2.39. The molecule has 0 aliphatic heterocycles. The summed E-state index contributed by atoms with van der Waals surface area (Å²) in [5.74, 6) is 0. The van der Waals surface area contributed by atoms with Gasteiger partial charge in [0.25, 0.3) is 0 Å². The summed E-state index contributed by atoms with van der Waals surface area (Å²) >= 11 is 3.40. The Bertz CT molecular complexity index is 422. The largest absolute Gasteiger partial charge is 0.366 e. The summed E-state index contributed by atoms with van der Waals surface area (Å²) in [6.07, 6.45) is 0. The van der Waals surface area contributed by atoms with E-state index in [1.807, 2.05) is 42.5 Å². The van der Waals surface area contributed by atoms with E-state index in [0.29, 0.717) is 6.61 Å². The van der Waals surface area contributed by atoms with Crippen molar-refractivity contribution in [2.45, 2.75) is 6.61 Å². The maximum absolute atomic E-state index is 5.51. The Morgan fingerprint density at radius 3 is 2.31 bits per heavy atom. The van der Waals surface area contributed by atoms with Gasteiger partial charge in [-0.1, -0.05) is 58.4 Å². The van der Waals surface area contributed by atoms with E-state index in [2.05, 4.69) is 28.1 Å². The minimum Gasteiger partial charge on any atom is -0.366 e. The van der Waals surface area contributed by atoms with Crippen LogP contribution in [0.15, 0.2) is 59.1 Å². The summed E-state index contributed by atoms with van der Waals surface area (Å²) in [7, 11) is 0. The van der Waals surface area contributed by atoms with Crippen LogP contribution in [0.5, 0.6) is 0 Å². The molecule has 0 heterocycles. The zero-order valence-electron chi connectivity index (χ0n) is 8.77. The molecule has 2 aromatic rings. The van der Waals surface area contributed by atoms with Crippen LogP contribution >= 0.6 is 15.9 Å². The van der Waals surface area contributed by atoms with Crippen molar-refractivity contribution in [3.05, 3.63) is 76.8 Å². The van der Waals surface area contributed by atoms with Crippen LogP contribution in [0.1, 0.15) is 11.1 Å². The van der Waals surface area contributed by atoms with Crippen molar-refractivity contribution in [3.8, 4) is 0 Å². The minimum atomic E-state index is 0.608. The van der Waals surface area contributed by atoms with Crippen LogP contribution in [0.3, 0.4) is 0 Å². The highest BCUT2D eigenvalue weighted by Crippen LogP contribution is 2.13. The van der Waals surface area contributed by atoms with Crippen molar-refractivity contribution in [1.29, 1.82) is 0 Å². The molecule has 2 heteroatoms. The van der Waals surface area contributed by atoms with Crippen LogP contribution in [0.2, 0.25) is 0 Å². The average Bonchev–Trinajstić information content (AvgIpc) is 2.33. The Labute approximate surface area is 104 Å². The highest BCUT2D eigenvalue weighted by atomic mass is 79.9. The Balaban J connectivity index is 1.82. The standard InChI is InChI=1S/C14H12BrO/c15-14-8-6-13(7-9-14)11-16-10-12-4-2-1-3-5-12/h1-9,11H,10H2. The SMILES string of the molecule is Brc1ccc([CH]OCc2ccccc2)cc1. The molecule has 0 aromatic heterocycles. The van der Waals surface area contributed by atoms with Crippen molar-refractivity contribution in [1.82, 2.24) is 0 Å². The van der Waals surface area contributed by atoms with E-state index < -0.39 is 0 Å². The first kappa shape index (κ1) is 11.4. The molecule has 2 rings (SSSR count). The van der Waals surface area contributed by atoms with Crippen molar-refractivity contribution < 1.29 is 4.74 Å².